The third-order valence-electron chi connectivity index (χ3n) is 2.84. The van der Waals surface area contributed by atoms with Gasteiger partial charge in [-0.15, -0.1) is 11.3 Å². The molecule has 2 aromatic rings. The van der Waals surface area contributed by atoms with Gasteiger partial charge in [-0.25, -0.2) is 0 Å². The fourth-order valence-electron chi connectivity index (χ4n) is 1.92. The highest BCUT2D eigenvalue weighted by atomic mass is 32.1. The summed E-state index contributed by atoms with van der Waals surface area (Å²) < 4.78 is 1.77. The number of carbonyl (C=O) groups is 1. The quantitative estimate of drug-likeness (QED) is 0.616. The van der Waals surface area contributed by atoms with Gasteiger partial charge in [0.25, 0.3) is 0 Å². The Hall–Kier alpha value is -1.68. The molecule has 0 unspecified atom stereocenters. The summed E-state index contributed by atoms with van der Waals surface area (Å²) in [6, 6.07) is 5.92. The van der Waals surface area contributed by atoms with Crippen molar-refractivity contribution in [2.24, 2.45) is 7.05 Å². The highest BCUT2D eigenvalue weighted by molar-refractivity contribution is 7.14. The fraction of sp³-hybridized carbons (Fsp3) is 0.333. The Kier molecular flexibility index (Phi) is 4.32. The van der Waals surface area contributed by atoms with E-state index in [1.165, 1.54) is 4.88 Å². The minimum absolute atomic E-state index is 0.0613. The molecule has 0 saturated carbocycles. The van der Waals surface area contributed by atoms with Crippen molar-refractivity contribution in [3.8, 4) is 0 Å². The normalized spacial score (nSPS) is 11.3. The largest absolute Gasteiger partial charge is 0.288 e. The fourth-order valence-corrected chi connectivity index (χ4v) is 2.95. The number of nitrogens with zero attached hydrogens (tertiary/aromatic N) is 2. The van der Waals surface area contributed by atoms with Crippen LogP contribution in [0.15, 0.2) is 24.3 Å². The van der Waals surface area contributed by atoms with Crippen LogP contribution in [0.1, 0.15) is 39.3 Å². The van der Waals surface area contributed by atoms with Gasteiger partial charge in [-0.3, -0.25) is 9.48 Å². The molecular formula is C15H18N2OS. The van der Waals surface area contributed by atoms with E-state index in [-0.39, 0.29) is 5.78 Å². The summed E-state index contributed by atoms with van der Waals surface area (Å²) in [5.74, 6) is 0.0613. The molecule has 0 bridgehead atoms. The Balaban J connectivity index is 2.09. The van der Waals surface area contributed by atoms with Gasteiger partial charge in [0.2, 0.25) is 0 Å². The predicted octanol–water partition coefficient (Wildman–Crippen LogP) is 3.64. The molecule has 0 amide bonds. The molecule has 2 aromatic heterocycles. The second-order valence-electron chi connectivity index (χ2n) is 4.55. The van der Waals surface area contributed by atoms with Gasteiger partial charge in [0, 0.05) is 11.9 Å². The number of allylic oxidation sites excluding steroid dienone is 1. The van der Waals surface area contributed by atoms with E-state index in [1.807, 2.05) is 38.2 Å². The SMILES string of the molecule is CCCc1ccc(C(=O)/C=C/c2cc(C)nn2C)s1. The Morgan fingerprint density at radius 3 is 2.89 bits per heavy atom. The first-order chi connectivity index (χ1) is 9.10. The van der Waals surface area contributed by atoms with Gasteiger partial charge in [-0.05, 0) is 43.7 Å². The predicted molar refractivity (Wildman–Crippen MR) is 79.6 cm³/mol. The van der Waals surface area contributed by atoms with Gasteiger partial charge < -0.3 is 0 Å². The second-order valence-corrected chi connectivity index (χ2v) is 5.72. The second kappa shape index (κ2) is 5.97. The first-order valence-corrected chi connectivity index (χ1v) is 7.23. The maximum atomic E-state index is 12.0. The minimum Gasteiger partial charge on any atom is -0.288 e. The van der Waals surface area contributed by atoms with Crippen molar-refractivity contribution in [2.75, 3.05) is 0 Å². The van der Waals surface area contributed by atoms with Gasteiger partial charge in [0.15, 0.2) is 5.78 Å². The van der Waals surface area contributed by atoms with Crippen molar-refractivity contribution in [2.45, 2.75) is 26.7 Å². The lowest BCUT2D eigenvalue weighted by molar-refractivity contribution is 0.105. The maximum Gasteiger partial charge on any atom is 0.195 e. The standard InChI is InChI=1S/C15H18N2OS/c1-4-5-13-7-9-15(19-13)14(18)8-6-12-10-11(2)16-17(12)3/h6-10H,4-5H2,1-3H3/b8-6+. The number of thiophene rings is 1. The molecule has 100 valence electrons. The summed E-state index contributed by atoms with van der Waals surface area (Å²) in [7, 11) is 1.88. The van der Waals surface area contributed by atoms with Crippen LogP contribution in [-0.4, -0.2) is 15.6 Å². The summed E-state index contributed by atoms with van der Waals surface area (Å²) in [5, 5.41) is 4.25. The van der Waals surface area contributed by atoms with Crippen molar-refractivity contribution in [3.63, 3.8) is 0 Å². The van der Waals surface area contributed by atoms with E-state index in [0.29, 0.717) is 0 Å². The van der Waals surface area contributed by atoms with Gasteiger partial charge >= 0.3 is 0 Å². The Morgan fingerprint density at radius 2 is 2.26 bits per heavy atom. The monoisotopic (exact) mass is 274 g/mol. The van der Waals surface area contributed by atoms with Crippen molar-refractivity contribution >= 4 is 23.2 Å². The van der Waals surface area contributed by atoms with Crippen LogP contribution in [-0.2, 0) is 13.5 Å². The van der Waals surface area contributed by atoms with Crippen LogP contribution in [0.25, 0.3) is 6.08 Å². The van der Waals surface area contributed by atoms with Crippen LogP contribution in [0, 0.1) is 6.92 Å². The molecular weight excluding hydrogens is 256 g/mol. The summed E-state index contributed by atoms with van der Waals surface area (Å²) in [6.07, 6.45) is 5.60. The van der Waals surface area contributed by atoms with Crippen LogP contribution in [0.3, 0.4) is 0 Å². The Morgan fingerprint density at radius 1 is 1.47 bits per heavy atom. The molecule has 0 spiro atoms. The molecule has 0 aliphatic heterocycles. The molecule has 2 heterocycles. The van der Waals surface area contributed by atoms with Crippen molar-refractivity contribution in [3.05, 3.63) is 45.4 Å². The Labute approximate surface area is 117 Å². The summed E-state index contributed by atoms with van der Waals surface area (Å²) >= 11 is 1.59. The van der Waals surface area contributed by atoms with Crippen molar-refractivity contribution < 1.29 is 4.79 Å². The lowest BCUT2D eigenvalue weighted by Gasteiger charge is -1.93. The highest BCUT2D eigenvalue weighted by Crippen LogP contribution is 2.19. The highest BCUT2D eigenvalue weighted by Gasteiger charge is 2.06. The molecule has 4 heteroatoms. The summed E-state index contributed by atoms with van der Waals surface area (Å²) in [6.45, 7) is 4.08. The molecule has 3 nitrogen and oxygen atoms in total. The molecule has 0 atom stereocenters. The molecule has 0 aliphatic rings. The molecule has 0 aliphatic carbocycles. The number of hydrogen-bond donors (Lipinski definition) is 0. The Bertz CT molecular complexity index is 607. The van der Waals surface area contributed by atoms with Crippen LogP contribution in [0.4, 0.5) is 0 Å². The van der Waals surface area contributed by atoms with E-state index in [2.05, 4.69) is 12.0 Å². The van der Waals surface area contributed by atoms with Crippen LogP contribution in [0.5, 0.6) is 0 Å². The molecule has 0 N–H and O–H groups in total. The number of aromatic nitrogens is 2. The van der Waals surface area contributed by atoms with Gasteiger partial charge in [0.1, 0.15) is 0 Å². The van der Waals surface area contributed by atoms with E-state index < -0.39 is 0 Å². The van der Waals surface area contributed by atoms with Crippen molar-refractivity contribution in [1.82, 2.24) is 9.78 Å². The smallest absolute Gasteiger partial charge is 0.195 e. The number of aryl methyl sites for hydroxylation is 3. The van der Waals surface area contributed by atoms with Gasteiger partial charge in [-0.1, -0.05) is 13.3 Å². The van der Waals surface area contributed by atoms with E-state index in [4.69, 9.17) is 0 Å². The maximum absolute atomic E-state index is 12.0. The third kappa shape index (κ3) is 3.41. The number of ketones is 1. The van der Waals surface area contributed by atoms with E-state index in [1.54, 1.807) is 22.1 Å². The minimum atomic E-state index is 0.0613. The van der Waals surface area contributed by atoms with Gasteiger partial charge in [-0.2, -0.15) is 5.10 Å². The van der Waals surface area contributed by atoms with Crippen LogP contribution in [0.2, 0.25) is 0 Å². The van der Waals surface area contributed by atoms with Gasteiger partial charge in [0.05, 0.1) is 16.3 Å². The lowest BCUT2D eigenvalue weighted by Crippen LogP contribution is -1.94. The lowest BCUT2D eigenvalue weighted by atomic mass is 10.2. The van der Waals surface area contributed by atoms with Crippen molar-refractivity contribution in [1.29, 1.82) is 0 Å². The van der Waals surface area contributed by atoms with Crippen LogP contribution < -0.4 is 0 Å². The number of rotatable bonds is 5. The average Bonchev–Trinajstić information content (AvgIpc) is 2.94. The molecule has 0 fully saturated rings. The number of carbonyl (C=O) groups excluding carboxylic acids is 1. The molecule has 0 radical (unpaired) electrons. The summed E-state index contributed by atoms with van der Waals surface area (Å²) in [4.78, 5) is 14.1. The molecule has 19 heavy (non-hydrogen) atoms. The van der Waals surface area contributed by atoms with Crippen LogP contribution >= 0.6 is 11.3 Å². The molecule has 0 saturated heterocycles. The first-order valence-electron chi connectivity index (χ1n) is 6.42. The van der Waals surface area contributed by atoms with E-state index in [0.717, 1.165) is 29.1 Å². The zero-order valence-electron chi connectivity index (χ0n) is 11.5. The zero-order chi connectivity index (χ0) is 13.8. The van der Waals surface area contributed by atoms with E-state index in [9.17, 15) is 4.79 Å². The average molecular weight is 274 g/mol. The molecule has 2 rings (SSSR count). The number of hydrogen-bond acceptors (Lipinski definition) is 3. The van der Waals surface area contributed by atoms with E-state index >= 15 is 0 Å². The molecule has 0 aromatic carbocycles. The summed E-state index contributed by atoms with van der Waals surface area (Å²) in [5.41, 5.74) is 1.90. The topological polar surface area (TPSA) is 34.9 Å². The first kappa shape index (κ1) is 13.7. The third-order valence-corrected chi connectivity index (χ3v) is 4.00. The zero-order valence-corrected chi connectivity index (χ0v) is 12.3.